The molecule has 1 amide bonds. The summed E-state index contributed by atoms with van der Waals surface area (Å²) in [6, 6.07) is 16.3. The average Bonchev–Trinajstić information content (AvgIpc) is 3.22. The van der Waals surface area contributed by atoms with Gasteiger partial charge < -0.3 is 20.1 Å². The number of carbonyl (C=O) groups excluding carboxylic acids is 1. The molecule has 1 heterocycles. The van der Waals surface area contributed by atoms with Crippen LogP contribution in [0.2, 0.25) is 0 Å². The number of nitrogens with zero attached hydrogens (tertiary/aromatic N) is 1. The van der Waals surface area contributed by atoms with E-state index in [1.807, 2.05) is 43.3 Å². The highest BCUT2D eigenvalue weighted by molar-refractivity contribution is 5.81. The number of carbonyl (C=O) groups is 1. The van der Waals surface area contributed by atoms with E-state index in [9.17, 15) is 4.79 Å². The van der Waals surface area contributed by atoms with Gasteiger partial charge in [0.1, 0.15) is 0 Å². The van der Waals surface area contributed by atoms with Gasteiger partial charge in [0.15, 0.2) is 11.5 Å². The van der Waals surface area contributed by atoms with Crippen molar-refractivity contribution in [3.63, 3.8) is 0 Å². The second-order valence-electron chi connectivity index (χ2n) is 7.40. The Labute approximate surface area is 173 Å². The predicted molar refractivity (Wildman–Crippen MR) is 116 cm³/mol. The highest BCUT2D eigenvalue weighted by atomic mass is 16.5. The fourth-order valence-corrected chi connectivity index (χ4v) is 3.71. The molecule has 2 N–H and O–H groups in total. The van der Waals surface area contributed by atoms with E-state index in [-0.39, 0.29) is 11.9 Å². The van der Waals surface area contributed by atoms with Crippen LogP contribution in [0.4, 0.5) is 5.69 Å². The largest absolute Gasteiger partial charge is 0.493 e. The smallest absolute Gasteiger partial charge is 0.237 e. The SMILES string of the molecule is COc1ccc(CCNC(=O)C(C)N2CCC(Nc3ccccc3)C2)cc1OC. The Balaban J connectivity index is 1.44. The second kappa shape index (κ2) is 10.2. The molecule has 0 bridgehead atoms. The molecular formula is C23H31N3O3. The third-order valence-corrected chi connectivity index (χ3v) is 5.45. The van der Waals surface area contributed by atoms with E-state index in [1.54, 1.807) is 14.2 Å². The number of benzene rings is 2. The van der Waals surface area contributed by atoms with Gasteiger partial charge in [0.25, 0.3) is 0 Å². The van der Waals surface area contributed by atoms with Crippen molar-refractivity contribution in [2.24, 2.45) is 0 Å². The maximum Gasteiger partial charge on any atom is 0.237 e. The molecule has 0 saturated carbocycles. The Kier molecular flexibility index (Phi) is 7.36. The van der Waals surface area contributed by atoms with Crippen molar-refractivity contribution in [3.05, 3.63) is 54.1 Å². The van der Waals surface area contributed by atoms with Crippen LogP contribution in [-0.2, 0) is 11.2 Å². The lowest BCUT2D eigenvalue weighted by Gasteiger charge is -2.24. The summed E-state index contributed by atoms with van der Waals surface area (Å²) >= 11 is 0. The summed E-state index contributed by atoms with van der Waals surface area (Å²) in [5, 5.41) is 6.62. The molecule has 1 aliphatic rings. The van der Waals surface area contributed by atoms with Crippen molar-refractivity contribution in [1.82, 2.24) is 10.2 Å². The van der Waals surface area contributed by atoms with E-state index in [1.165, 1.54) is 0 Å². The fourth-order valence-electron chi connectivity index (χ4n) is 3.71. The summed E-state index contributed by atoms with van der Waals surface area (Å²) in [5.74, 6) is 1.49. The standard InChI is InChI=1S/C23H31N3O3/c1-17(26-14-12-20(16-26)25-19-7-5-4-6-8-19)23(27)24-13-11-18-9-10-21(28-2)22(15-18)29-3/h4-10,15,17,20,25H,11-14,16H2,1-3H3,(H,24,27). The number of methoxy groups -OCH3 is 2. The van der Waals surface area contributed by atoms with Gasteiger partial charge in [-0.2, -0.15) is 0 Å². The number of rotatable bonds is 9. The number of likely N-dealkylation sites (tertiary alicyclic amines) is 1. The molecular weight excluding hydrogens is 366 g/mol. The zero-order chi connectivity index (χ0) is 20.6. The van der Waals surface area contributed by atoms with Gasteiger partial charge in [-0.05, 0) is 49.6 Å². The lowest BCUT2D eigenvalue weighted by atomic mass is 10.1. The second-order valence-corrected chi connectivity index (χ2v) is 7.40. The Hall–Kier alpha value is -2.73. The first-order chi connectivity index (χ1) is 14.1. The molecule has 29 heavy (non-hydrogen) atoms. The first-order valence-electron chi connectivity index (χ1n) is 10.1. The summed E-state index contributed by atoms with van der Waals surface area (Å²) in [6.07, 6.45) is 1.79. The highest BCUT2D eigenvalue weighted by Gasteiger charge is 2.29. The number of nitrogens with one attached hydrogen (secondary N) is 2. The summed E-state index contributed by atoms with van der Waals surface area (Å²) in [5.41, 5.74) is 2.23. The molecule has 6 heteroatoms. The third-order valence-electron chi connectivity index (χ3n) is 5.45. The Morgan fingerprint density at radius 3 is 2.62 bits per heavy atom. The van der Waals surface area contributed by atoms with Crippen molar-refractivity contribution in [1.29, 1.82) is 0 Å². The predicted octanol–water partition coefficient (Wildman–Crippen LogP) is 2.94. The van der Waals surface area contributed by atoms with Crippen molar-refractivity contribution < 1.29 is 14.3 Å². The molecule has 0 spiro atoms. The molecule has 0 aromatic heterocycles. The highest BCUT2D eigenvalue weighted by Crippen LogP contribution is 2.27. The maximum atomic E-state index is 12.6. The number of anilines is 1. The number of amides is 1. The van der Waals surface area contributed by atoms with E-state index < -0.39 is 0 Å². The molecule has 2 aromatic carbocycles. The molecule has 1 aliphatic heterocycles. The summed E-state index contributed by atoms with van der Waals surface area (Å²) < 4.78 is 10.6. The molecule has 6 nitrogen and oxygen atoms in total. The molecule has 1 fully saturated rings. The van der Waals surface area contributed by atoms with Crippen LogP contribution in [0.15, 0.2) is 48.5 Å². The van der Waals surface area contributed by atoms with Gasteiger partial charge in [-0.15, -0.1) is 0 Å². The normalized spacial score (nSPS) is 17.6. The fraction of sp³-hybridized carbons (Fsp3) is 0.435. The van der Waals surface area contributed by atoms with E-state index in [0.717, 1.165) is 37.2 Å². The first kappa shape index (κ1) is 21.0. The quantitative estimate of drug-likeness (QED) is 0.681. The van der Waals surface area contributed by atoms with E-state index in [4.69, 9.17) is 9.47 Å². The van der Waals surface area contributed by atoms with E-state index in [0.29, 0.717) is 24.1 Å². The Morgan fingerprint density at radius 1 is 1.14 bits per heavy atom. The number of hydrogen-bond donors (Lipinski definition) is 2. The van der Waals surface area contributed by atoms with Crippen LogP contribution in [-0.4, -0.2) is 56.7 Å². The Morgan fingerprint density at radius 2 is 1.90 bits per heavy atom. The molecule has 2 aromatic rings. The number of para-hydroxylation sites is 1. The number of ether oxygens (including phenoxy) is 2. The minimum absolute atomic E-state index is 0.0748. The van der Waals surface area contributed by atoms with Crippen LogP contribution in [0.1, 0.15) is 18.9 Å². The molecule has 0 aliphatic carbocycles. The molecule has 2 unspecified atom stereocenters. The minimum Gasteiger partial charge on any atom is -0.493 e. The molecule has 0 radical (unpaired) electrons. The van der Waals surface area contributed by atoms with Crippen LogP contribution in [0.5, 0.6) is 11.5 Å². The molecule has 1 saturated heterocycles. The minimum atomic E-state index is -0.136. The van der Waals surface area contributed by atoms with Crippen LogP contribution in [0, 0.1) is 0 Å². The van der Waals surface area contributed by atoms with Crippen molar-refractivity contribution in [2.45, 2.75) is 31.8 Å². The molecule has 3 rings (SSSR count). The lowest BCUT2D eigenvalue weighted by Crippen LogP contribution is -2.45. The summed E-state index contributed by atoms with van der Waals surface area (Å²) in [4.78, 5) is 14.8. The molecule has 156 valence electrons. The van der Waals surface area contributed by atoms with Gasteiger partial charge in [-0.25, -0.2) is 0 Å². The van der Waals surface area contributed by atoms with E-state index >= 15 is 0 Å². The maximum absolute atomic E-state index is 12.6. The van der Waals surface area contributed by atoms with Gasteiger partial charge in [0.05, 0.1) is 20.3 Å². The van der Waals surface area contributed by atoms with Gasteiger partial charge in [0.2, 0.25) is 5.91 Å². The lowest BCUT2D eigenvalue weighted by molar-refractivity contribution is -0.125. The average molecular weight is 398 g/mol. The van der Waals surface area contributed by atoms with Crippen LogP contribution >= 0.6 is 0 Å². The summed E-state index contributed by atoms with van der Waals surface area (Å²) in [6.45, 7) is 4.38. The first-order valence-corrected chi connectivity index (χ1v) is 10.1. The van der Waals surface area contributed by atoms with Gasteiger partial charge >= 0.3 is 0 Å². The van der Waals surface area contributed by atoms with E-state index in [2.05, 4.69) is 27.7 Å². The van der Waals surface area contributed by atoms with Gasteiger partial charge in [-0.1, -0.05) is 24.3 Å². The third kappa shape index (κ3) is 5.64. The van der Waals surface area contributed by atoms with Crippen LogP contribution in [0.3, 0.4) is 0 Å². The Bertz CT molecular complexity index is 797. The van der Waals surface area contributed by atoms with Crippen molar-refractivity contribution in [3.8, 4) is 11.5 Å². The monoisotopic (exact) mass is 397 g/mol. The van der Waals surface area contributed by atoms with Crippen LogP contribution in [0.25, 0.3) is 0 Å². The van der Waals surface area contributed by atoms with Crippen LogP contribution < -0.4 is 20.1 Å². The zero-order valence-electron chi connectivity index (χ0n) is 17.5. The topological polar surface area (TPSA) is 62.8 Å². The number of hydrogen-bond acceptors (Lipinski definition) is 5. The van der Waals surface area contributed by atoms with Crippen molar-refractivity contribution in [2.75, 3.05) is 39.2 Å². The van der Waals surface area contributed by atoms with Crippen molar-refractivity contribution >= 4 is 11.6 Å². The van der Waals surface area contributed by atoms with Gasteiger partial charge in [-0.3, -0.25) is 9.69 Å². The zero-order valence-corrected chi connectivity index (χ0v) is 17.5. The summed E-state index contributed by atoms with van der Waals surface area (Å²) in [7, 11) is 3.25. The van der Waals surface area contributed by atoms with Gasteiger partial charge in [0, 0.05) is 31.4 Å². The molecule has 2 atom stereocenters.